The second-order valence-corrected chi connectivity index (χ2v) is 5.34. The topological polar surface area (TPSA) is 36.7 Å². The fourth-order valence-electron chi connectivity index (χ4n) is 2.62. The number of amides is 1. The molecule has 0 unspecified atom stereocenters. The maximum Gasteiger partial charge on any atom is 0.416 e. The fraction of sp³-hybridized carbons (Fsp3) is 0.312. The first kappa shape index (κ1) is 15.5. The number of carbonyl (C=O) groups is 1. The van der Waals surface area contributed by atoms with E-state index in [9.17, 15) is 18.0 Å². The SMILES string of the molecule is O=C(c1ccoc1)N1CCN(c2cccc(C(F)(F)F)c2)CC1. The van der Waals surface area contributed by atoms with E-state index in [1.54, 1.807) is 17.0 Å². The molecule has 0 atom stereocenters. The number of furan rings is 1. The third-order valence-corrected chi connectivity index (χ3v) is 3.87. The van der Waals surface area contributed by atoms with Crippen LogP contribution in [0.3, 0.4) is 0 Å². The van der Waals surface area contributed by atoms with Crippen LogP contribution in [0.2, 0.25) is 0 Å². The molecule has 23 heavy (non-hydrogen) atoms. The van der Waals surface area contributed by atoms with Gasteiger partial charge in [-0.25, -0.2) is 0 Å². The molecule has 7 heteroatoms. The monoisotopic (exact) mass is 324 g/mol. The molecule has 1 aliphatic heterocycles. The summed E-state index contributed by atoms with van der Waals surface area (Å²) in [7, 11) is 0. The van der Waals surface area contributed by atoms with Gasteiger partial charge in [-0.1, -0.05) is 6.07 Å². The van der Waals surface area contributed by atoms with Crippen molar-refractivity contribution in [3.05, 3.63) is 54.0 Å². The molecule has 4 nitrogen and oxygen atoms in total. The molecular weight excluding hydrogens is 309 g/mol. The Morgan fingerprint density at radius 2 is 1.83 bits per heavy atom. The van der Waals surface area contributed by atoms with Crippen LogP contribution in [0.1, 0.15) is 15.9 Å². The first-order valence-electron chi connectivity index (χ1n) is 7.19. The van der Waals surface area contributed by atoms with Gasteiger partial charge in [0.2, 0.25) is 0 Å². The lowest BCUT2D eigenvalue weighted by atomic mass is 10.1. The lowest BCUT2D eigenvalue weighted by Crippen LogP contribution is -2.48. The summed E-state index contributed by atoms with van der Waals surface area (Å²) >= 11 is 0. The van der Waals surface area contributed by atoms with Crippen molar-refractivity contribution in [2.75, 3.05) is 31.1 Å². The Bertz CT molecular complexity index is 675. The largest absolute Gasteiger partial charge is 0.472 e. The highest BCUT2D eigenvalue weighted by Gasteiger charge is 2.31. The number of hydrogen-bond donors (Lipinski definition) is 0. The normalized spacial score (nSPS) is 15.8. The molecule has 0 spiro atoms. The van der Waals surface area contributed by atoms with Crippen LogP contribution in [-0.2, 0) is 6.18 Å². The van der Waals surface area contributed by atoms with Crippen molar-refractivity contribution in [2.45, 2.75) is 6.18 Å². The zero-order valence-corrected chi connectivity index (χ0v) is 12.2. The van der Waals surface area contributed by atoms with Crippen LogP contribution in [-0.4, -0.2) is 37.0 Å². The molecule has 1 amide bonds. The Hall–Kier alpha value is -2.44. The zero-order chi connectivity index (χ0) is 16.4. The maximum absolute atomic E-state index is 12.8. The number of halogens is 3. The summed E-state index contributed by atoms with van der Waals surface area (Å²) in [6.07, 6.45) is -1.53. The number of rotatable bonds is 2. The minimum Gasteiger partial charge on any atom is -0.472 e. The van der Waals surface area contributed by atoms with Crippen LogP contribution in [0.5, 0.6) is 0 Å². The minimum absolute atomic E-state index is 0.123. The summed E-state index contributed by atoms with van der Waals surface area (Å²) in [5.74, 6) is -0.123. The Labute approximate surface area is 131 Å². The highest BCUT2D eigenvalue weighted by atomic mass is 19.4. The highest BCUT2D eigenvalue weighted by Crippen LogP contribution is 2.31. The highest BCUT2D eigenvalue weighted by molar-refractivity contribution is 5.94. The Morgan fingerprint density at radius 1 is 1.09 bits per heavy atom. The van der Waals surface area contributed by atoms with Gasteiger partial charge in [0.25, 0.3) is 5.91 Å². The number of benzene rings is 1. The van der Waals surface area contributed by atoms with E-state index in [1.807, 2.05) is 4.90 Å². The first-order valence-corrected chi connectivity index (χ1v) is 7.19. The van der Waals surface area contributed by atoms with E-state index < -0.39 is 11.7 Å². The summed E-state index contributed by atoms with van der Waals surface area (Å²) in [5.41, 5.74) is 0.347. The van der Waals surface area contributed by atoms with E-state index >= 15 is 0 Å². The summed E-state index contributed by atoms with van der Waals surface area (Å²) in [4.78, 5) is 15.7. The van der Waals surface area contributed by atoms with Crippen LogP contribution in [0.4, 0.5) is 18.9 Å². The van der Waals surface area contributed by atoms with E-state index in [0.29, 0.717) is 37.4 Å². The second kappa shape index (κ2) is 5.98. The number of hydrogen-bond acceptors (Lipinski definition) is 3. The van der Waals surface area contributed by atoms with Gasteiger partial charge in [0.1, 0.15) is 6.26 Å². The van der Waals surface area contributed by atoms with Crippen LogP contribution in [0, 0.1) is 0 Å². The smallest absolute Gasteiger partial charge is 0.416 e. The molecule has 3 rings (SSSR count). The average molecular weight is 324 g/mol. The molecule has 0 saturated carbocycles. The first-order chi connectivity index (χ1) is 10.9. The molecule has 0 aliphatic carbocycles. The van der Waals surface area contributed by atoms with Crippen molar-refractivity contribution in [3.63, 3.8) is 0 Å². The molecule has 1 aromatic heterocycles. The third-order valence-electron chi connectivity index (χ3n) is 3.87. The van der Waals surface area contributed by atoms with E-state index in [1.165, 1.54) is 18.6 Å². The molecule has 122 valence electrons. The van der Waals surface area contributed by atoms with Crippen LogP contribution >= 0.6 is 0 Å². The van der Waals surface area contributed by atoms with Crippen LogP contribution in [0.15, 0.2) is 47.3 Å². The molecule has 2 heterocycles. The molecule has 1 saturated heterocycles. The van der Waals surface area contributed by atoms with Gasteiger partial charge in [-0.15, -0.1) is 0 Å². The molecule has 1 aliphatic rings. The Balaban J connectivity index is 1.66. The van der Waals surface area contributed by atoms with Crippen molar-refractivity contribution in [2.24, 2.45) is 0 Å². The number of carbonyl (C=O) groups excluding carboxylic acids is 1. The van der Waals surface area contributed by atoms with Crippen molar-refractivity contribution in [1.82, 2.24) is 4.90 Å². The van der Waals surface area contributed by atoms with Crippen molar-refractivity contribution >= 4 is 11.6 Å². The van der Waals surface area contributed by atoms with Gasteiger partial charge in [-0.05, 0) is 24.3 Å². The molecule has 0 N–H and O–H groups in total. The molecule has 1 fully saturated rings. The number of nitrogens with zero attached hydrogens (tertiary/aromatic N) is 2. The lowest BCUT2D eigenvalue weighted by Gasteiger charge is -2.36. The zero-order valence-electron chi connectivity index (χ0n) is 12.2. The summed E-state index contributed by atoms with van der Waals surface area (Å²) in [6, 6.07) is 6.86. The number of alkyl halides is 3. The van der Waals surface area contributed by atoms with E-state index in [-0.39, 0.29) is 5.91 Å². The predicted octanol–water partition coefficient (Wildman–Crippen LogP) is 3.26. The van der Waals surface area contributed by atoms with Gasteiger partial charge >= 0.3 is 6.18 Å². The van der Waals surface area contributed by atoms with Gasteiger partial charge in [-0.2, -0.15) is 13.2 Å². The maximum atomic E-state index is 12.8. The van der Waals surface area contributed by atoms with Crippen LogP contribution in [0.25, 0.3) is 0 Å². The molecule has 0 radical (unpaired) electrons. The standard InChI is InChI=1S/C16H15F3N2O2/c17-16(18,19)13-2-1-3-14(10-13)20-5-7-21(8-6-20)15(22)12-4-9-23-11-12/h1-4,9-11H,5-8H2. The van der Waals surface area contributed by atoms with Crippen molar-refractivity contribution < 1.29 is 22.4 Å². The Morgan fingerprint density at radius 3 is 2.43 bits per heavy atom. The number of piperazine rings is 1. The van der Waals surface area contributed by atoms with Gasteiger partial charge in [0.15, 0.2) is 0 Å². The van der Waals surface area contributed by atoms with Crippen molar-refractivity contribution in [3.8, 4) is 0 Å². The van der Waals surface area contributed by atoms with E-state index in [0.717, 1.165) is 12.1 Å². The third kappa shape index (κ3) is 3.33. The van der Waals surface area contributed by atoms with Gasteiger partial charge in [0.05, 0.1) is 17.4 Å². The molecule has 0 bridgehead atoms. The van der Waals surface area contributed by atoms with Crippen LogP contribution < -0.4 is 4.90 Å². The summed E-state index contributed by atoms with van der Waals surface area (Å²) in [6.45, 7) is 1.90. The molecule has 2 aromatic rings. The average Bonchev–Trinajstić information content (AvgIpc) is 3.08. The second-order valence-electron chi connectivity index (χ2n) is 5.34. The van der Waals surface area contributed by atoms with E-state index in [2.05, 4.69) is 0 Å². The van der Waals surface area contributed by atoms with E-state index in [4.69, 9.17) is 4.42 Å². The van der Waals surface area contributed by atoms with Crippen molar-refractivity contribution in [1.29, 1.82) is 0 Å². The van der Waals surface area contributed by atoms with Gasteiger partial charge < -0.3 is 14.2 Å². The summed E-state index contributed by atoms with van der Waals surface area (Å²) in [5, 5.41) is 0. The van der Waals surface area contributed by atoms with Gasteiger partial charge in [0, 0.05) is 31.9 Å². The fourth-order valence-corrected chi connectivity index (χ4v) is 2.62. The summed E-state index contributed by atoms with van der Waals surface area (Å²) < 4.78 is 43.2. The predicted molar refractivity (Wildman–Crippen MR) is 78.3 cm³/mol. The quantitative estimate of drug-likeness (QED) is 0.851. The molecule has 1 aromatic carbocycles. The minimum atomic E-state index is -4.35. The Kier molecular flexibility index (Phi) is 4.02. The lowest BCUT2D eigenvalue weighted by molar-refractivity contribution is -0.137. The number of anilines is 1. The molecular formula is C16H15F3N2O2. The van der Waals surface area contributed by atoms with Gasteiger partial charge in [-0.3, -0.25) is 4.79 Å².